The quantitative estimate of drug-likeness (QED) is 0.286. The summed E-state index contributed by atoms with van der Waals surface area (Å²) in [5, 5.41) is 7.88. The van der Waals surface area contributed by atoms with Gasteiger partial charge in [-0.25, -0.2) is 0 Å². The Kier molecular flexibility index (Phi) is 9.11. The van der Waals surface area contributed by atoms with Crippen LogP contribution in [0, 0.1) is 0 Å². The van der Waals surface area contributed by atoms with Crippen LogP contribution in [0.15, 0.2) is 41.4 Å². The minimum Gasteiger partial charge on any atom is -0.364 e. The number of hydrogen-bond acceptors (Lipinski definition) is 3. The summed E-state index contributed by atoms with van der Waals surface area (Å²) in [5.41, 5.74) is 2.58. The van der Waals surface area contributed by atoms with Gasteiger partial charge in [0.2, 0.25) is 0 Å². The Labute approximate surface area is 179 Å². The van der Waals surface area contributed by atoms with Gasteiger partial charge in [-0.1, -0.05) is 30.7 Å². The molecule has 26 heavy (non-hydrogen) atoms. The smallest absolute Gasteiger partial charge is 0.191 e. The third-order valence-electron chi connectivity index (χ3n) is 5.08. The zero-order valence-electron chi connectivity index (χ0n) is 15.8. The molecule has 1 aromatic rings. The van der Waals surface area contributed by atoms with E-state index in [-0.39, 0.29) is 24.0 Å². The molecule has 2 aliphatic rings. The Morgan fingerprint density at radius 3 is 2.81 bits per heavy atom. The van der Waals surface area contributed by atoms with Crippen LogP contribution in [0.3, 0.4) is 0 Å². The van der Waals surface area contributed by atoms with E-state index in [1.807, 2.05) is 18.8 Å². The van der Waals surface area contributed by atoms with Gasteiger partial charge >= 0.3 is 0 Å². The van der Waals surface area contributed by atoms with E-state index in [4.69, 9.17) is 0 Å². The molecule has 1 fully saturated rings. The van der Waals surface area contributed by atoms with Crippen molar-refractivity contribution in [1.82, 2.24) is 10.6 Å². The zero-order chi connectivity index (χ0) is 17.5. The molecular weight excluding hydrogens is 455 g/mol. The van der Waals surface area contributed by atoms with Crippen molar-refractivity contribution in [2.45, 2.75) is 43.5 Å². The van der Waals surface area contributed by atoms with Gasteiger partial charge in [0.1, 0.15) is 0 Å². The van der Waals surface area contributed by atoms with Gasteiger partial charge in [0.25, 0.3) is 0 Å². The second-order valence-corrected chi connectivity index (χ2v) is 7.98. The van der Waals surface area contributed by atoms with Crippen molar-refractivity contribution in [2.75, 3.05) is 31.3 Å². The predicted molar refractivity (Wildman–Crippen MR) is 126 cm³/mol. The largest absolute Gasteiger partial charge is 0.364 e. The second kappa shape index (κ2) is 11.1. The highest BCUT2D eigenvalue weighted by molar-refractivity contribution is 14.0. The van der Waals surface area contributed by atoms with E-state index in [1.54, 1.807) is 0 Å². The lowest BCUT2D eigenvalue weighted by molar-refractivity contribution is 0.419. The molecule has 1 aliphatic heterocycles. The van der Waals surface area contributed by atoms with Gasteiger partial charge in [-0.3, -0.25) is 4.99 Å². The number of rotatable bonds is 5. The van der Waals surface area contributed by atoms with Crippen molar-refractivity contribution >= 4 is 47.4 Å². The third kappa shape index (κ3) is 6.08. The molecular formula is C20H31IN4S. The van der Waals surface area contributed by atoms with E-state index in [9.17, 15) is 0 Å². The maximum absolute atomic E-state index is 4.42. The molecule has 4 nitrogen and oxygen atoms in total. The standard InChI is InChI=1S/C20H30N4S.HI/c1-21-20(23-17-8-6-10-19(14-17)25-2)22-15-16-7-5-9-18(13-16)24-11-3-4-12-24;/h3-5,7,9,13,17,19H,6,8,10-12,14-15H2,1-2H3,(H2,21,22,23);1H. The predicted octanol–water partition coefficient (Wildman–Crippen LogP) is 4.02. The summed E-state index contributed by atoms with van der Waals surface area (Å²) >= 11 is 2.00. The summed E-state index contributed by atoms with van der Waals surface area (Å²) in [5.74, 6) is 0.917. The Hall–Kier alpha value is -0.890. The number of halogens is 1. The Morgan fingerprint density at radius 2 is 2.08 bits per heavy atom. The molecule has 2 unspecified atom stereocenters. The van der Waals surface area contributed by atoms with Gasteiger partial charge in [-0.2, -0.15) is 11.8 Å². The van der Waals surface area contributed by atoms with E-state index >= 15 is 0 Å². The summed E-state index contributed by atoms with van der Waals surface area (Å²) in [6.45, 7) is 2.82. The average Bonchev–Trinajstić information content (AvgIpc) is 3.20. The first-order chi connectivity index (χ1) is 12.3. The SMILES string of the molecule is CN=C(NCc1cccc(N2CC=CC2)c1)NC1CCCC(SC)C1.I. The Balaban J connectivity index is 0.00000243. The van der Waals surface area contributed by atoms with Gasteiger partial charge < -0.3 is 15.5 Å². The Morgan fingerprint density at radius 1 is 1.27 bits per heavy atom. The first-order valence-electron chi connectivity index (χ1n) is 9.27. The number of benzene rings is 1. The maximum atomic E-state index is 4.42. The lowest BCUT2D eigenvalue weighted by Crippen LogP contribution is -2.45. The van der Waals surface area contributed by atoms with Crippen molar-refractivity contribution in [3.8, 4) is 0 Å². The number of thioether (sulfide) groups is 1. The molecule has 1 saturated carbocycles. The third-order valence-corrected chi connectivity index (χ3v) is 6.17. The van der Waals surface area contributed by atoms with Crippen LogP contribution in [0.25, 0.3) is 0 Å². The van der Waals surface area contributed by atoms with Gasteiger partial charge in [0.15, 0.2) is 5.96 Å². The van der Waals surface area contributed by atoms with E-state index in [0.29, 0.717) is 6.04 Å². The molecule has 0 bridgehead atoms. The number of anilines is 1. The molecule has 0 saturated heterocycles. The second-order valence-electron chi connectivity index (χ2n) is 6.84. The molecule has 0 radical (unpaired) electrons. The first-order valence-corrected chi connectivity index (χ1v) is 10.6. The van der Waals surface area contributed by atoms with Crippen LogP contribution in [0.2, 0.25) is 0 Å². The summed E-state index contributed by atoms with van der Waals surface area (Å²) in [6, 6.07) is 9.33. The maximum Gasteiger partial charge on any atom is 0.191 e. The van der Waals surface area contributed by atoms with Crippen molar-refractivity contribution in [2.24, 2.45) is 4.99 Å². The Bertz CT molecular complexity index is 612. The molecule has 1 aliphatic carbocycles. The highest BCUT2D eigenvalue weighted by Gasteiger charge is 2.21. The zero-order valence-corrected chi connectivity index (χ0v) is 18.9. The van der Waals surface area contributed by atoms with E-state index < -0.39 is 0 Å². The topological polar surface area (TPSA) is 39.7 Å². The summed E-state index contributed by atoms with van der Waals surface area (Å²) in [6.07, 6.45) is 11.8. The number of aliphatic imine (C=N–C) groups is 1. The van der Waals surface area contributed by atoms with Gasteiger partial charge in [-0.05, 0) is 43.2 Å². The van der Waals surface area contributed by atoms with Gasteiger partial charge in [0, 0.05) is 43.7 Å². The van der Waals surface area contributed by atoms with Crippen molar-refractivity contribution in [1.29, 1.82) is 0 Å². The van der Waals surface area contributed by atoms with Crippen molar-refractivity contribution in [3.05, 3.63) is 42.0 Å². The van der Waals surface area contributed by atoms with Crippen molar-refractivity contribution < 1.29 is 0 Å². The van der Waals surface area contributed by atoms with Crippen LogP contribution in [0.4, 0.5) is 5.69 Å². The van der Waals surface area contributed by atoms with Crippen LogP contribution in [0.1, 0.15) is 31.2 Å². The van der Waals surface area contributed by atoms with Crippen LogP contribution >= 0.6 is 35.7 Å². The van der Waals surface area contributed by atoms with Crippen LogP contribution in [-0.2, 0) is 6.54 Å². The van der Waals surface area contributed by atoms with E-state index in [2.05, 4.69) is 63.2 Å². The number of nitrogens with one attached hydrogen (secondary N) is 2. The van der Waals surface area contributed by atoms with Crippen LogP contribution in [0.5, 0.6) is 0 Å². The summed E-state index contributed by atoms with van der Waals surface area (Å²) in [4.78, 5) is 6.79. The number of guanidine groups is 1. The highest BCUT2D eigenvalue weighted by atomic mass is 127. The van der Waals surface area contributed by atoms with Crippen molar-refractivity contribution in [3.63, 3.8) is 0 Å². The minimum absolute atomic E-state index is 0. The van der Waals surface area contributed by atoms with E-state index in [0.717, 1.165) is 30.8 Å². The fourth-order valence-electron chi connectivity index (χ4n) is 3.62. The molecule has 0 amide bonds. The van der Waals surface area contributed by atoms with Crippen LogP contribution < -0.4 is 15.5 Å². The molecule has 1 heterocycles. The number of nitrogens with zero attached hydrogens (tertiary/aromatic N) is 2. The molecule has 0 spiro atoms. The summed E-state index contributed by atoms with van der Waals surface area (Å²) in [7, 11) is 1.86. The molecule has 0 aromatic heterocycles. The fourth-order valence-corrected chi connectivity index (χ4v) is 4.44. The molecule has 6 heteroatoms. The lowest BCUT2D eigenvalue weighted by atomic mass is 9.95. The van der Waals surface area contributed by atoms with Crippen LogP contribution in [-0.4, -0.2) is 43.6 Å². The van der Waals surface area contributed by atoms with Gasteiger partial charge in [-0.15, -0.1) is 24.0 Å². The first kappa shape index (κ1) is 21.4. The molecule has 2 N–H and O–H groups in total. The molecule has 1 aromatic carbocycles. The lowest BCUT2D eigenvalue weighted by Gasteiger charge is -2.30. The molecule has 3 rings (SSSR count). The van der Waals surface area contributed by atoms with E-state index in [1.165, 1.54) is 36.9 Å². The average molecular weight is 486 g/mol. The molecule has 2 atom stereocenters. The highest BCUT2D eigenvalue weighted by Crippen LogP contribution is 2.26. The molecule has 144 valence electrons. The minimum atomic E-state index is 0. The monoisotopic (exact) mass is 486 g/mol. The number of hydrogen-bond donors (Lipinski definition) is 2. The fraction of sp³-hybridized carbons (Fsp3) is 0.550. The normalized spacial score (nSPS) is 22.8. The van der Waals surface area contributed by atoms with Gasteiger partial charge in [0.05, 0.1) is 0 Å². The summed E-state index contributed by atoms with van der Waals surface area (Å²) < 4.78 is 0.